The van der Waals surface area contributed by atoms with E-state index >= 15 is 0 Å². The van der Waals surface area contributed by atoms with Crippen molar-refractivity contribution < 1.29 is 18.8 Å². The predicted octanol–water partition coefficient (Wildman–Crippen LogP) is 5.12. The van der Waals surface area contributed by atoms with Crippen molar-refractivity contribution in [1.82, 2.24) is 4.90 Å². The maximum absolute atomic E-state index is 13.2. The first kappa shape index (κ1) is 22.2. The normalized spacial score (nSPS) is 18.8. The fraction of sp³-hybridized carbons (Fsp3) is 0.417. The molecule has 0 N–H and O–H groups in total. The monoisotopic (exact) mass is 425 g/mol. The van der Waals surface area contributed by atoms with Crippen molar-refractivity contribution in [3.63, 3.8) is 0 Å². The predicted molar refractivity (Wildman–Crippen MR) is 120 cm³/mol. The second-order valence-electron chi connectivity index (χ2n) is 7.88. The van der Waals surface area contributed by atoms with E-state index in [9.17, 15) is 9.59 Å². The van der Waals surface area contributed by atoms with Gasteiger partial charge in [-0.3, -0.25) is 14.5 Å². The molecule has 1 fully saturated rings. The SMILES string of the molecule is CC[Si](CC)(CC)O[C@@H]1C(=O)N(C(=O)c2ccc(C)cc2)[C@@H]1c1ccc(OC)cc1. The van der Waals surface area contributed by atoms with E-state index in [0.717, 1.165) is 35.0 Å². The molecule has 0 spiro atoms. The lowest BCUT2D eigenvalue weighted by Gasteiger charge is -2.48. The van der Waals surface area contributed by atoms with E-state index < -0.39 is 20.5 Å². The number of imide groups is 1. The van der Waals surface area contributed by atoms with Gasteiger partial charge in [-0.1, -0.05) is 50.6 Å². The molecule has 1 saturated heterocycles. The minimum Gasteiger partial charge on any atom is -0.497 e. The van der Waals surface area contributed by atoms with Gasteiger partial charge in [-0.2, -0.15) is 0 Å². The highest BCUT2D eigenvalue weighted by molar-refractivity contribution is 6.73. The molecule has 1 heterocycles. The average molecular weight is 426 g/mol. The van der Waals surface area contributed by atoms with Gasteiger partial charge < -0.3 is 9.16 Å². The Morgan fingerprint density at radius 3 is 2.03 bits per heavy atom. The molecule has 1 aliphatic rings. The Balaban J connectivity index is 1.96. The van der Waals surface area contributed by atoms with Gasteiger partial charge >= 0.3 is 0 Å². The summed E-state index contributed by atoms with van der Waals surface area (Å²) >= 11 is 0. The average Bonchev–Trinajstić information content (AvgIpc) is 2.79. The van der Waals surface area contributed by atoms with Crippen LogP contribution in [0.5, 0.6) is 5.75 Å². The number of methoxy groups -OCH3 is 1. The van der Waals surface area contributed by atoms with Crippen LogP contribution in [0.15, 0.2) is 48.5 Å². The number of rotatable bonds is 8. The van der Waals surface area contributed by atoms with Crippen molar-refractivity contribution in [1.29, 1.82) is 0 Å². The van der Waals surface area contributed by atoms with Gasteiger partial charge in [-0.05, 0) is 54.9 Å². The maximum atomic E-state index is 13.2. The Kier molecular flexibility index (Phi) is 6.78. The van der Waals surface area contributed by atoms with Gasteiger partial charge in [0.1, 0.15) is 5.75 Å². The Morgan fingerprint density at radius 1 is 0.967 bits per heavy atom. The van der Waals surface area contributed by atoms with E-state index in [-0.39, 0.29) is 11.8 Å². The standard InChI is InChI=1S/C24H31NO4Si/c1-6-30(7-2,8-3)29-22-21(18-13-15-20(28-5)16-14-18)25(24(22)27)23(26)19-11-9-17(4)10-12-19/h9-16,21-22H,6-8H2,1-5H3/t21-,22+/m1/s1. The van der Waals surface area contributed by atoms with Gasteiger partial charge in [0.25, 0.3) is 11.8 Å². The van der Waals surface area contributed by atoms with Gasteiger partial charge in [0.05, 0.1) is 13.2 Å². The molecule has 2 aromatic carbocycles. The second-order valence-corrected chi connectivity index (χ2v) is 12.6. The van der Waals surface area contributed by atoms with Crippen LogP contribution in [0.4, 0.5) is 0 Å². The van der Waals surface area contributed by atoms with E-state index in [4.69, 9.17) is 9.16 Å². The number of β-lactam (4-membered cyclic amide) rings is 1. The van der Waals surface area contributed by atoms with Crippen LogP contribution in [0, 0.1) is 6.92 Å². The maximum Gasteiger partial charge on any atom is 0.261 e. The summed E-state index contributed by atoms with van der Waals surface area (Å²) in [5, 5.41) is 0. The molecule has 0 aliphatic carbocycles. The Labute approximate surface area is 180 Å². The lowest BCUT2D eigenvalue weighted by Crippen LogP contribution is -2.64. The summed E-state index contributed by atoms with van der Waals surface area (Å²) in [5.41, 5.74) is 2.46. The fourth-order valence-electron chi connectivity index (χ4n) is 4.03. The highest BCUT2D eigenvalue weighted by atomic mass is 28.4. The van der Waals surface area contributed by atoms with Crippen LogP contribution >= 0.6 is 0 Å². The van der Waals surface area contributed by atoms with E-state index in [0.29, 0.717) is 5.56 Å². The summed E-state index contributed by atoms with van der Waals surface area (Å²) in [6.45, 7) is 8.39. The zero-order chi connectivity index (χ0) is 21.9. The molecule has 2 atom stereocenters. The highest BCUT2D eigenvalue weighted by Crippen LogP contribution is 2.41. The first-order valence-electron chi connectivity index (χ1n) is 10.7. The Morgan fingerprint density at radius 2 is 1.53 bits per heavy atom. The van der Waals surface area contributed by atoms with Crippen LogP contribution in [-0.2, 0) is 9.22 Å². The number of nitrogens with zero attached hydrogens (tertiary/aromatic N) is 1. The molecular formula is C24H31NO4Si. The van der Waals surface area contributed by atoms with Crippen molar-refractivity contribution in [2.24, 2.45) is 0 Å². The first-order valence-corrected chi connectivity index (χ1v) is 13.2. The zero-order valence-electron chi connectivity index (χ0n) is 18.5. The number of carbonyl (C=O) groups is 2. The second kappa shape index (κ2) is 9.14. The number of ether oxygens (including phenoxy) is 1. The number of aryl methyl sites for hydroxylation is 1. The number of amides is 2. The van der Waals surface area contributed by atoms with Crippen LogP contribution in [0.1, 0.15) is 48.3 Å². The van der Waals surface area contributed by atoms with Gasteiger partial charge in [0.15, 0.2) is 14.4 Å². The topological polar surface area (TPSA) is 55.8 Å². The molecule has 30 heavy (non-hydrogen) atoms. The summed E-state index contributed by atoms with van der Waals surface area (Å²) in [4.78, 5) is 27.7. The number of hydrogen-bond acceptors (Lipinski definition) is 4. The van der Waals surface area contributed by atoms with Crippen molar-refractivity contribution in [2.75, 3.05) is 7.11 Å². The molecule has 0 bridgehead atoms. The van der Waals surface area contributed by atoms with Crippen LogP contribution < -0.4 is 4.74 Å². The molecule has 2 amide bonds. The summed E-state index contributed by atoms with van der Waals surface area (Å²) in [6, 6.07) is 17.3. The van der Waals surface area contributed by atoms with Crippen LogP contribution in [0.2, 0.25) is 18.1 Å². The highest BCUT2D eigenvalue weighted by Gasteiger charge is 2.54. The lowest BCUT2D eigenvalue weighted by molar-refractivity contribution is -0.158. The molecule has 6 heteroatoms. The quantitative estimate of drug-likeness (QED) is 0.335. The number of benzene rings is 2. The van der Waals surface area contributed by atoms with Crippen LogP contribution in [-0.4, -0.2) is 38.2 Å². The largest absolute Gasteiger partial charge is 0.497 e. The molecule has 2 aromatic rings. The molecule has 5 nitrogen and oxygen atoms in total. The fourth-order valence-corrected chi connectivity index (χ4v) is 6.80. The molecule has 3 rings (SSSR count). The molecule has 0 radical (unpaired) electrons. The van der Waals surface area contributed by atoms with Crippen molar-refractivity contribution in [3.05, 3.63) is 65.2 Å². The van der Waals surface area contributed by atoms with E-state index in [2.05, 4.69) is 20.8 Å². The summed E-state index contributed by atoms with van der Waals surface area (Å²) in [5.74, 6) is 0.212. The van der Waals surface area contributed by atoms with Crippen LogP contribution in [0.25, 0.3) is 0 Å². The van der Waals surface area contributed by atoms with Gasteiger partial charge in [-0.15, -0.1) is 0 Å². The minimum absolute atomic E-state index is 0.242. The number of carbonyl (C=O) groups excluding carboxylic acids is 2. The van der Waals surface area contributed by atoms with Crippen molar-refractivity contribution >= 4 is 20.1 Å². The van der Waals surface area contributed by atoms with Gasteiger partial charge in [0.2, 0.25) is 0 Å². The molecule has 1 aliphatic heterocycles. The number of likely N-dealkylation sites (tertiary alicyclic amines) is 1. The van der Waals surface area contributed by atoms with E-state index in [1.807, 2.05) is 43.3 Å². The smallest absolute Gasteiger partial charge is 0.261 e. The van der Waals surface area contributed by atoms with Gasteiger partial charge in [-0.25, -0.2) is 0 Å². The van der Waals surface area contributed by atoms with E-state index in [1.54, 1.807) is 19.2 Å². The lowest BCUT2D eigenvalue weighted by atomic mass is 9.89. The Bertz CT molecular complexity index is 882. The molecule has 0 aromatic heterocycles. The van der Waals surface area contributed by atoms with Crippen molar-refractivity contribution in [2.45, 2.75) is 58.0 Å². The third-order valence-electron chi connectivity index (χ3n) is 6.33. The third-order valence-corrected chi connectivity index (χ3v) is 11.0. The first-order chi connectivity index (χ1) is 14.4. The Hall–Kier alpha value is -2.44. The summed E-state index contributed by atoms with van der Waals surface area (Å²) in [6.07, 6.45) is -0.612. The zero-order valence-corrected chi connectivity index (χ0v) is 19.5. The van der Waals surface area contributed by atoms with E-state index in [1.165, 1.54) is 4.90 Å². The third kappa shape index (κ3) is 4.07. The molecular weight excluding hydrogens is 394 g/mol. The summed E-state index contributed by atoms with van der Waals surface area (Å²) < 4.78 is 11.8. The van der Waals surface area contributed by atoms with Gasteiger partial charge in [0, 0.05) is 5.56 Å². The molecule has 0 saturated carbocycles. The summed E-state index contributed by atoms with van der Waals surface area (Å²) in [7, 11) is -0.403. The van der Waals surface area contributed by atoms with Crippen molar-refractivity contribution in [3.8, 4) is 5.75 Å². The number of hydrogen-bond donors (Lipinski definition) is 0. The molecule has 160 valence electrons. The minimum atomic E-state index is -2.02. The molecule has 0 unspecified atom stereocenters. The van der Waals surface area contributed by atoms with Crippen LogP contribution in [0.3, 0.4) is 0 Å².